The van der Waals surface area contributed by atoms with Gasteiger partial charge in [-0.15, -0.1) is 0 Å². The lowest BCUT2D eigenvalue weighted by atomic mass is 10.1. The smallest absolute Gasteiger partial charge is 0.337 e. The van der Waals surface area contributed by atoms with E-state index in [1.807, 2.05) is 5.32 Å². The van der Waals surface area contributed by atoms with Gasteiger partial charge in [-0.05, 0) is 30.3 Å². The zero-order valence-electron chi connectivity index (χ0n) is 10.4. The van der Waals surface area contributed by atoms with Gasteiger partial charge >= 0.3 is 5.97 Å². The van der Waals surface area contributed by atoms with Crippen LogP contribution in [0.15, 0.2) is 36.4 Å². The van der Waals surface area contributed by atoms with E-state index in [0.717, 1.165) is 30.3 Å². The average molecular weight is 293 g/mol. The number of halogens is 2. The Morgan fingerprint density at radius 2 is 1.76 bits per heavy atom. The minimum atomic E-state index is -1.44. The number of hydrogen-bond acceptors (Lipinski definition) is 3. The van der Waals surface area contributed by atoms with Crippen molar-refractivity contribution in [3.05, 3.63) is 59.2 Å². The summed E-state index contributed by atoms with van der Waals surface area (Å²) in [5.74, 6) is -4.71. The molecule has 0 saturated carbocycles. The van der Waals surface area contributed by atoms with Crippen molar-refractivity contribution in [2.24, 2.45) is 0 Å². The molecule has 0 spiro atoms. The molecule has 7 heteroatoms. The van der Waals surface area contributed by atoms with Gasteiger partial charge in [-0.25, -0.2) is 13.6 Å². The average Bonchev–Trinajstić information content (AvgIpc) is 2.43. The fourth-order valence-electron chi connectivity index (χ4n) is 1.70. The van der Waals surface area contributed by atoms with Crippen LogP contribution in [0.25, 0.3) is 0 Å². The second kappa shape index (κ2) is 5.58. The number of nitrogens with one attached hydrogen (secondary N) is 1. The van der Waals surface area contributed by atoms with E-state index in [4.69, 9.17) is 5.11 Å². The van der Waals surface area contributed by atoms with E-state index in [0.29, 0.717) is 0 Å². The molecule has 1 amide bonds. The highest BCUT2D eigenvalue weighted by Gasteiger charge is 2.19. The highest BCUT2D eigenvalue weighted by atomic mass is 19.1. The summed E-state index contributed by atoms with van der Waals surface area (Å²) in [6.07, 6.45) is 0. The first-order chi connectivity index (χ1) is 9.90. The molecule has 0 aliphatic heterocycles. The summed E-state index contributed by atoms with van der Waals surface area (Å²) in [5.41, 5.74) is -1.45. The van der Waals surface area contributed by atoms with Crippen LogP contribution in [0.5, 0.6) is 5.75 Å². The van der Waals surface area contributed by atoms with E-state index >= 15 is 0 Å². The van der Waals surface area contributed by atoms with Crippen LogP contribution in [0, 0.1) is 11.6 Å². The van der Waals surface area contributed by atoms with Crippen LogP contribution in [-0.2, 0) is 0 Å². The summed E-state index contributed by atoms with van der Waals surface area (Å²) < 4.78 is 26.7. The van der Waals surface area contributed by atoms with E-state index in [2.05, 4.69) is 0 Å². The number of hydrogen-bond donors (Lipinski definition) is 3. The van der Waals surface area contributed by atoms with Crippen molar-refractivity contribution in [2.45, 2.75) is 0 Å². The maximum Gasteiger partial charge on any atom is 0.337 e. The number of para-hydroxylation sites is 1. The Morgan fingerprint density at radius 1 is 1.05 bits per heavy atom. The predicted molar refractivity (Wildman–Crippen MR) is 69.4 cm³/mol. The highest BCUT2D eigenvalue weighted by Crippen LogP contribution is 2.23. The number of benzene rings is 2. The molecule has 0 fully saturated rings. The Kier molecular flexibility index (Phi) is 3.84. The molecule has 0 saturated heterocycles. The quantitative estimate of drug-likeness (QED) is 0.812. The van der Waals surface area contributed by atoms with Gasteiger partial charge in [0, 0.05) is 0 Å². The van der Waals surface area contributed by atoms with Gasteiger partial charge in [0.2, 0.25) is 0 Å². The van der Waals surface area contributed by atoms with Crippen LogP contribution in [0.3, 0.4) is 0 Å². The molecule has 108 valence electrons. The third kappa shape index (κ3) is 2.97. The second-order valence-electron chi connectivity index (χ2n) is 4.08. The predicted octanol–water partition coefficient (Wildman–Crippen LogP) is 2.62. The van der Waals surface area contributed by atoms with E-state index in [9.17, 15) is 23.5 Å². The zero-order valence-corrected chi connectivity index (χ0v) is 10.4. The van der Waals surface area contributed by atoms with E-state index in [1.165, 1.54) is 6.07 Å². The number of carbonyl (C=O) groups excluding carboxylic acids is 1. The molecule has 0 bridgehead atoms. The lowest BCUT2D eigenvalue weighted by Gasteiger charge is -2.10. The fraction of sp³-hybridized carbons (Fsp3) is 0. The molecule has 0 radical (unpaired) electrons. The van der Waals surface area contributed by atoms with Crippen molar-refractivity contribution in [3.8, 4) is 5.75 Å². The number of aromatic carboxylic acids is 1. The summed E-state index contributed by atoms with van der Waals surface area (Å²) in [7, 11) is 0. The third-order valence-corrected chi connectivity index (χ3v) is 2.69. The first-order valence-corrected chi connectivity index (χ1v) is 5.72. The maximum atomic E-state index is 13.7. The van der Waals surface area contributed by atoms with Crippen LogP contribution in [0.1, 0.15) is 20.7 Å². The molecular formula is C14H9F2NO4. The number of anilines is 1. The summed E-state index contributed by atoms with van der Waals surface area (Å²) in [6, 6.07) is 5.90. The number of phenolic OH excluding ortho intramolecular Hbond substituents is 1. The molecule has 21 heavy (non-hydrogen) atoms. The molecule has 3 N–H and O–H groups in total. The molecule has 0 unspecified atom stereocenters. The number of phenols is 1. The Labute approximate surface area is 117 Å². The van der Waals surface area contributed by atoms with Gasteiger partial charge in [0.15, 0.2) is 0 Å². The summed E-state index contributed by atoms with van der Waals surface area (Å²) in [6.45, 7) is 0. The van der Waals surface area contributed by atoms with Gasteiger partial charge in [0.25, 0.3) is 5.91 Å². The molecule has 0 aromatic heterocycles. The van der Waals surface area contributed by atoms with E-state index in [1.54, 1.807) is 0 Å². The van der Waals surface area contributed by atoms with Gasteiger partial charge in [0.05, 0.1) is 16.8 Å². The van der Waals surface area contributed by atoms with E-state index < -0.39 is 46.1 Å². The molecule has 0 heterocycles. The minimum absolute atomic E-state index is 0.436. The largest absolute Gasteiger partial charge is 0.507 e. The molecule has 2 aromatic rings. The van der Waals surface area contributed by atoms with Crippen LogP contribution in [-0.4, -0.2) is 22.1 Å². The number of carboxylic acids is 1. The first-order valence-electron chi connectivity index (χ1n) is 5.72. The van der Waals surface area contributed by atoms with E-state index in [-0.39, 0.29) is 0 Å². The Balaban J connectivity index is 2.41. The molecule has 0 aliphatic rings. The van der Waals surface area contributed by atoms with Gasteiger partial charge in [-0.1, -0.05) is 6.07 Å². The standard InChI is InChI=1S/C14H9F2NO4/c15-7-4-5-11(18)9(6-7)13(19)17-12-8(14(20)21)2-1-3-10(12)16/h1-6,18H,(H,17,19)(H,20,21). The van der Waals surface area contributed by atoms with Gasteiger partial charge in [0.1, 0.15) is 17.4 Å². The first kappa shape index (κ1) is 14.4. The third-order valence-electron chi connectivity index (χ3n) is 2.69. The lowest BCUT2D eigenvalue weighted by Crippen LogP contribution is -2.16. The van der Waals surface area contributed by atoms with Crippen LogP contribution in [0.2, 0.25) is 0 Å². The Morgan fingerprint density at radius 3 is 2.43 bits per heavy atom. The van der Waals surface area contributed by atoms with Crippen molar-refractivity contribution in [3.63, 3.8) is 0 Å². The molecular weight excluding hydrogens is 284 g/mol. The normalized spacial score (nSPS) is 10.2. The van der Waals surface area contributed by atoms with Crippen LogP contribution in [0.4, 0.5) is 14.5 Å². The van der Waals surface area contributed by atoms with Crippen molar-refractivity contribution in [1.82, 2.24) is 0 Å². The number of aromatic hydroxyl groups is 1. The van der Waals surface area contributed by atoms with Gasteiger partial charge in [-0.3, -0.25) is 4.79 Å². The molecule has 0 atom stereocenters. The number of carboxylic acid groups (broad SMARTS) is 1. The van der Waals surface area contributed by atoms with Crippen LogP contribution < -0.4 is 5.32 Å². The molecule has 2 rings (SSSR count). The molecule has 0 aliphatic carbocycles. The zero-order chi connectivity index (χ0) is 15.6. The summed E-state index contributed by atoms with van der Waals surface area (Å²) in [5, 5.41) is 20.5. The molecule has 5 nitrogen and oxygen atoms in total. The summed E-state index contributed by atoms with van der Waals surface area (Å²) >= 11 is 0. The van der Waals surface area contributed by atoms with Gasteiger partial charge < -0.3 is 15.5 Å². The van der Waals surface area contributed by atoms with Crippen molar-refractivity contribution >= 4 is 17.6 Å². The number of carbonyl (C=O) groups is 2. The van der Waals surface area contributed by atoms with Crippen molar-refractivity contribution in [1.29, 1.82) is 0 Å². The highest BCUT2D eigenvalue weighted by molar-refractivity contribution is 6.09. The van der Waals surface area contributed by atoms with Crippen molar-refractivity contribution < 1.29 is 28.6 Å². The topological polar surface area (TPSA) is 86.6 Å². The number of amides is 1. The molecule has 2 aromatic carbocycles. The van der Waals surface area contributed by atoms with Crippen LogP contribution >= 0.6 is 0 Å². The number of rotatable bonds is 3. The van der Waals surface area contributed by atoms with Crippen molar-refractivity contribution in [2.75, 3.05) is 5.32 Å². The SMILES string of the molecule is O=C(Nc1c(F)cccc1C(=O)O)c1cc(F)ccc1O. The lowest BCUT2D eigenvalue weighted by molar-refractivity contribution is 0.0697. The second-order valence-corrected chi connectivity index (χ2v) is 4.08. The minimum Gasteiger partial charge on any atom is -0.507 e. The van der Waals surface area contributed by atoms with Gasteiger partial charge in [-0.2, -0.15) is 0 Å². The Hall–Kier alpha value is -2.96. The fourth-order valence-corrected chi connectivity index (χ4v) is 1.70. The summed E-state index contributed by atoms with van der Waals surface area (Å²) in [4.78, 5) is 22.9. The Bertz CT molecular complexity index is 731. The maximum absolute atomic E-state index is 13.7. The monoisotopic (exact) mass is 293 g/mol.